The van der Waals surface area contributed by atoms with Gasteiger partial charge in [0.15, 0.2) is 0 Å². The van der Waals surface area contributed by atoms with Crippen molar-refractivity contribution < 1.29 is 9.59 Å². The fourth-order valence-corrected chi connectivity index (χ4v) is 3.95. The van der Waals surface area contributed by atoms with Crippen LogP contribution >= 0.6 is 0 Å². The van der Waals surface area contributed by atoms with Crippen LogP contribution in [-0.2, 0) is 4.79 Å². The maximum Gasteiger partial charge on any atom is 0.321 e. The van der Waals surface area contributed by atoms with Crippen molar-refractivity contribution in [1.82, 2.24) is 10.6 Å². The molecule has 0 spiro atoms. The minimum Gasteiger partial charge on any atom is -0.374 e. The molecule has 1 atom stereocenters. The number of urea groups is 1. The Bertz CT molecular complexity index is 637. The number of anilines is 2. The molecular formula is C21H32N4O2. The summed E-state index contributed by atoms with van der Waals surface area (Å²) in [5, 5.41) is 8.59. The van der Waals surface area contributed by atoms with Crippen molar-refractivity contribution in [3.05, 3.63) is 24.3 Å². The number of hydrogen-bond acceptors (Lipinski definition) is 4. The fourth-order valence-electron chi connectivity index (χ4n) is 3.95. The van der Waals surface area contributed by atoms with E-state index in [1.54, 1.807) is 6.92 Å². The molecule has 148 valence electrons. The van der Waals surface area contributed by atoms with E-state index in [9.17, 15) is 9.59 Å². The van der Waals surface area contributed by atoms with Gasteiger partial charge in [0, 0.05) is 30.5 Å². The normalized spacial score (nSPS) is 19.2. The van der Waals surface area contributed by atoms with Crippen LogP contribution in [0.5, 0.6) is 0 Å². The van der Waals surface area contributed by atoms with Crippen LogP contribution in [0.4, 0.5) is 16.2 Å². The highest BCUT2D eigenvalue weighted by atomic mass is 16.2. The average Bonchev–Trinajstić information content (AvgIpc) is 2.69. The van der Waals surface area contributed by atoms with Gasteiger partial charge in [-0.2, -0.15) is 0 Å². The molecule has 1 saturated heterocycles. The number of benzene rings is 1. The molecule has 1 aromatic carbocycles. The van der Waals surface area contributed by atoms with Gasteiger partial charge >= 0.3 is 6.03 Å². The number of nitrogens with one attached hydrogen (secondary N) is 3. The zero-order chi connectivity index (χ0) is 19.1. The minimum absolute atomic E-state index is 0.191. The monoisotopic (exact) mass is 372 g/mol. The second kappa shape index (κ2) is 9.62. The van der Waals surface area contributed by atoms with Crippen molar-refractivity contribution in [3.63, 3.8) is 0 Å². The van der Waals surface area contributed by atoms with E-state index < -0.39 is 6.04 Å². The molecule has 3 rings (SSSR count). The van der Waals surface area contributed by atoms with E-state index in [0.717, 1.165) is 44.5 Å². The van der Waals surface area contributed by atoms with Crippen molar-refractivity contribution in [3.8, 4) is 0 Å². The summed E-state index contributed by atoms with van der Waals surface area (Å²) < 4.78 is 0. The molecule has 1 aromatic rings. The average molecular weight is 373 g/mol. The number of piperidine rings is 1. The first-order valence-electron chi connectivity index (χ1n) is 10.3. The number of carbonyl (C=O) groups is 2. The molecule has 3 N–H and O–H groups in total. The van der Waals surface area contributed by atoms with Crippen LogP contribution in [0.3, 0.4) is 0 Å². The van der Waals surface area contributed by atoms with E-state index in [0.29, 0.717) is 0 Å². The quantitative estimate of drug-likeness (QED) is 0.738. The Balaban J connectivity index is 1.49. The minimum atomic E-state index is -0.487. The summed E-state index contributed by atoms with van der Waals surface area (Å²) in [7, 11) is 0. The Hall–Kier alpha value is -2.24. The predicted molar refractivity (Wildman–Crippen MR) is 109 cm³/mol. The maximum atomic E-state index is 12.3. The van der Waals surface area contributed by atoms with Crippen molar-refractivity contribution in [2.24, 2.45) is 0 Å². The van der Waals surface area contributed by atoms with Gasteiger partial charge in [0.25, 0.3) is 0 Å². The van der Waals surface area contributed by atoms with Gasteiger partial charge < -0.3 is 15.5 Å². The van der Waals surface area contributed by atoms with Crippen molar-refractivity contribution in [2.45, 2.75) is 70.4 Å². The molecule has 0 radical (unpaired) electrons. The van der Waals surface area contributed by atoms with E-state index in [4.69, 9.17) is 0 Å². The lowest BCUT2D eigenvalue weighted by atomic mass is 9.96. The van der Waals surface area contributed by atoms with Crippen LogP contribution < -0.4 is 20.9 Å². The van der Waals surface area contributed by atoms with Crippen LogP contribution in [0.15, 0.2) is 24.3 Å². The zero-order valence-corrected chi connectivity index (χ0v) is 16.3. The number of rotatable bonds is 5. The van der Waals surface area contributed by atoms with E-state index in [-0.39, 0.29) is 18.0 Å². The number of imide groups is 1. The van der Waals surface area contributed by atoms with Crippen LogP contribution in [-0.4, -0.2) is 37.1 Å². The van der Waals surface area contributed by atoms with Gasteiger partial charge in [0.2, 0.25) is 5.91 Å². The van der Waals surface area contributed by atoms with Crippen molar-refractivity contribution in [2.75, 3.05) is 23.3 Å². The molecule has 2 fully saturated rings. The van der Waals surface area contributed by atoms with Gasteiger partial charge in [-0.05, 0) is 57.2 Å². The van der Waals surface area contributed by atoms with Crippen molar-refractivity contribution >= 4 is 23.3 Å². The molecule has 6 heteroatoms. The van der Waals surface area contributed by atoms with Gasteiger partial charge in [0.1, 0.15) is 6.04 Å². The second-order valence-electron chi connectivity index (χ2n) is 7.76. The highest BCUT2D eigenvalue weighted by Gasteiger charge is 2.20. The SMILES string of the molecule is C[C@@H](Nc1cccc(N2CCCCC2)c1)C(=O)NC(=O)NC1CCCCC1. The summed E-state index contributed by atoms with van der Waals surface area (Å²) >= 11 is 0. The van der Waals surface area contributed by atoms with Gasteiger partial charge in [-0.1, -0.05) is 25.3 Å². The third kappa shape index (κ3) is 5.88. The standard InChI is InChI=1S/C21H32N4O2/c1-16(20(26)24-21(27)23-17-9-4-2-5-10-17)22-18-11-8-12-19(15-18)25-13-6-3-7-14-25/h8,11-12,15-17,22H,2-7,9-10,13-14H2,1H3,(H2,23,24,26,27)/t16-/m1/s1. The highest BCUT2D eigenvalue weighted by Crippen LogP contribution is 2.23. The molecule has 0 unspecified atom stereocenters. The molecule has 6 nitrogen and oxygen atoms in total. The van der Waals surface area contributed by atoms with Crippen LogP contribution in [0.1, 0.15) is 58.3 Å². The topological polar surface area (TPSA) is 73.5 Å². The first kappa shape index (κ1) is 19.5. The number of hydrogen-bond donors (Lipinski definition) is 3. The Morgan fingerprint density at radius 1 is 1.04 bits per heavy atom. The largest absolute Gasteiger partial charge is 0.374 e. The Morgan fingerprint density at radius 2 is 1.74 bits per heavy atom. The molecule has 0 bridgehead atoms. The first-order valence-corrected chi connectivity index (χ1v) is 10.3. The summed E-state index contributed by atoms with van der Waals surface area (Å²) in [6, 6.07) is 7.47. The number of carbonyl (C=O) groups excluding carboxylic acids is 2. The van der Waals surface area contributed by atoms with E-state index in [1.165, 1.54) is 31.4 Å². The zero-order valence-electron chi connectivity index (χ0n) is 16.3. The Morgan fingerprint density at radius 3 is 2.48 bits per heavy atom. The molecule has 2 aliphatic rings. The molecular weight excluding hydrogens is 340 g/mol. The number of amides is 3. The van der Waals surface area contributed by atoms with Crippen LogP contribution in [0, 0.1) is 0 Å². The van der Waals surface area contributed by atoms with Gasteiger partial charge in [-0.25, -0.2) is 4.79 Å². The Kier molecular flexibility index (Phi) is 6.96. The van der Waals surface area contributed by atoms with Crippen LogP contribution in [0.25, 0.3) is 0 Å². The van der Waals surface area contributed by atoms with E-state index >= 15 is 0 Å². The Labute approximate surface area is 162 Å². The lowest BCUT2D eigenvalue weighted by molar-refractivity contribution is -0.120. The van der Waals surface area contributed by atoms with Gasteiger partial charge in [-0.15, -0.1) is 0 Å². The summed E-state index contributed by atoms with van der Waals surface area (Å²) in [5.41, 5.74) is 2.08. The smallest absolute Gasteiger partial charge is 0.321 e. The lowest BCUT2D eigenvalue weighted by Gasteiger charge is -2.29. The molecule has 0 aromatic heterocycles. The lowest BCUT2D eigenvalue weighted by Crippen LogP contribution is -2.49. The number of nitrogens with zero attached hydrogens (tertiary/aromatic N) is 1. The second-order valence-corrected chi connectivity index (χ2v) is 7.76. The maximum absolute atomic E-state index is 12.3. The molecule has 27 heavy (non-hydrogen) atoms. The fraction of sp³-hybridized carbons (Fsp3) is 0.619. The third-order valence-corrected chi connectivity index (χ3v) is 5.52. The first-order chi connectivity index (χ1) is 13.1. The summed E-state index contributed by atoms with van der Waals surface area (Å²) in [4.78, 5) is 26.8. The van der Waals surface area contributed by atoms with Gasteiger partial charge in [-0.3, -0.25) is 10.1 Å². The molecule has 1 aliphatic heterocycles. The summed E-state index contributed by atoms with van der Waals surface area (Å²) in [5.74, 6) is -0.313. The third-order valence-electron chi connectivity index (χ3n) is 5.52. The molecule has 1 heterocycles. The highest BCUT2D eigenvalue weighted by molar-refractivity contribution is 5.98. The van der Waals surface area contributed by atoms with Gasteiger partial charge in [0.05, 0.1) is 0 Å². The van der Waals surface area contributed by atoms with E-state index in [1.807, 2.05) is 12.1 Å². The summed E-state index contributed by atoms with van der Waals surface area (Å²) in [6.07, 6.45) is 9.27. The molecule has 1 saturated carbocycles. The molecule has 1 aliphatic carbocycles. The van der Waals surface area contributed by atoms with E-state index in [2.05, 4.69) is 33.0 Å². The summed E-state index contributed by atoms with van der Waals surface area (Å²) in [6.45, 7) is 3.94. The molecule has 3 amide bonds. The van der Waals surface area contributed by atoms with Crippen LogP contribution in [0.2, 0.25) is 0 Å². The van der Waals surface area contributed by atoms with Crippen molar-refractivity contribution in [1.29, 1.82) is 0 Å². The predicted octanol–water partition coefficient (Wildman–Crippen LogP) is 3.64.